The number of rotatable bonds is 0. The zero-order valence-electron chi connectivity index (χ0n) is 9.77. The fourth-order valence-electron chi connectivity index (χ4n) is 1.95. The van der Waals surface area contributed by atoms with Gasteiger partial charge in [-0.15, -0.1) is 0 Å². The van der Waals surface area contributed by atoms with Gasteiger partial charge in [-0.1, -0.05) is 96.8 Å². The molecule has 0 N–H and O–H groups in total. The van der Waals surface area contributed by atoms with Crippen molar-refractivity contribution in [2.24, 2.45) is 0 Å². The maximum absolute atomic E-state index is 2.18. The molecule has 3 rings (SSSR count). The summed E-state index contributed by atoms with van der Waals surface area (Å²) in [5, 5.41) is 5.30. The van der Waals surface area contributed by atoms with Gasteiger partial charge in [-0.3, -0.25) is 0 Å². The zero-order valence-corrected chi connectivity index (χ0v) is 9.77. The van der Waals surface area contributed by atoms with E-state index in [-0.39, 0.29) is 22.3 Å². The Bertz CT molecular complexity index is 539. The summed E-state index contributed by atoms with van der Waals surface area (Å²) in [5.41, 5.74) is 0. The molecule has 0 nitrogen and oxygen atoms in total. The molecule has 0 radical (unpaired) electrons. The standard InChI is InChI=1S/C14H10.C2H6.3CH4/c1-3-7-13-11(5-1)9-10-12-6-2-4-8-14(12)13;1-2;;;/h1-10H;1-2H3;3*1H4. The van der Waals surface area contributed by atoms with Gasteiger partial charge in [0.05, 0.1) is 0 Å². The molecule has 0 saturated heterocycles. The van der Waals surface area contributed by atoms with E-state index in [0.717, 1.165) is 0 Å². The summed E-state index contributed by atoms with van der Waals surface area (Å²) in [6.45, 7) is 4.00. The van der Waals surface area contributed by atoms with Gasteiger partial charge < -0.3 is 0 Å². The molecular weight excluding hydrogens is 228 g/mol. The van der Waals surface area contributed by atoms with Crippen molar-refractivity contribution in [1.82, 2.24) is 0 Å². The van der Waals surface area contributed by atoms with Crippen LogP contribution in [0.25, 0.3) is 21.5 Å². The van der Waals surface area contributed by atoms with Gasteiger partial charge in [0.1, 0.15) is 0 Å². The van der Waals surface area contributed by atoms with Crippen LogP contribution < -0.4 is 0 Å². The molecule has 3 aromatic rings. The lowest BCUT2D eigenvalue weighted by molar-refractivity contribution is 1.50. The maximum atomic E-state index is 2.18. The number of hydrogen-bond acceptors (Lipinski definition) is 0. The van der Waals surface area contributed by atoms with E-state index >= 15 is 0 Å². The van der Waals surface area contributed by atoms with Crippen LogP contribution in [-0.2, 0) is 0 Å². The quantitative estimate of drug-likeness (QED) is 0.383. The van der Waals surface area contributed by atoms with E-state index in [9.17, 15) is 0 Å². The molecule has 0 atom stereocenters. The molecule has 104 valence electrons. The molecule has 0 saturated carbocycles. The molecule has 0 aliphatic rings. The fraction of sp³-hybridized carbons (Fsp3) is 0.263. The normalized spacial score (nSPS) is 8.32. The van der Waals surface area contributed by atoms with Crippen molar-refractivity contribution < 1.29 is 0 Å². The Balaban J connectivity index is 0. The van der Waals surface area contributed by atoms with Gasteiger partial charge in [0.25, 0.3) is 0 Å². The van der Waals surface area contributed by atoms with Crippen molar-refractivity contribution in [2.75, 3.05) is 0 Å². The van der Waals surface area contributed by atoms with Gasteiger partial charge in [0.15, 0.2) is 0 Å². The second-order valence-electron chi connectivity index (χ2n) is 3.51. The molecule has 0 aliphatic heterocycles. The maximum Gasteiger partial charge on any atom is -0.0105 e. The second-order valence-corrected chi connectivity index (χ2v) is 3.51. The van der Waals surface area contributed by atoms with Crippen LogP contribution in [0, 0.1) is 0 Å². The first-order valence-corrected chi connectivity index (χ1v) is 5.82. The van der Waals surface area contributed by atoms with Crippen molar-refractivity contribution in [3.05, 3.63) is 60.7 Å². The smallest absolute Gasteiger partial charge is 0.0105 e. The Morgan fingerprint density at radius 1 is 0.474 bits per heavy atom. The topological polar surface area (TPSA) is 0 Å². The number of fused-ring (bicyclic) bond motifs is 3. The van der Waals surface area contributed by atoms with Crippen LogP contribution in [0.15, 0.2) is 60.7 Å². The summed E-state index contributed by atoms with van der Waals surface area (Å²) in [4.78, 5) is 0. The summed E-state index contributed by atoms with van der Waals surface area (Å²) >= 11 is 0. The first-order chi connectivity index (χ1) is 7.95. The average molecular weight is 256 g/mol. The first-order valence-electron chi connectivity index (χ1n) is 5.82. The summed E-state index contributed by atoms with van der Waals surface area (Å²) in [5.74, 6) is 0. The molecule has 0 spiro atoms. The molecule has 0 unspecified atom stereocenters. The monoisotopic (exact) mass is 256 g/mol. The Morgan fingerprint density at radius 3 is 1.16 bits per heavy atom. The highest BCUT2D eigenvalue weighted by molar-refractivity contribution is 6.07. The van der Waals surface area contributed by atoms with Crippen molar-refractivity contribution >= 4 is 21.5 Å². The Kier molecular flexibility index (Phi) is 9.41. The molecule has 0 aliphatic carbocycles. The molecular formula is C19H28. The van der Waals surface area contributed by atoms with E-state index in [1.165, 1.54) is 21.5 Å². The third-order valence-electron chi connectivity index (χ3n) is 2.65. The molecule has 0 bridgehead atoms. The van der Waals surface area contributed by atoms with Crippen LogP contribution in [0.4, 0.5) is 0 Å². The lowest BCUT2D eigenvalue weighted by Crippen LogP contribution is -1.75. The minimum absolute atomic E-state index is 0. The Hall–Kier alpha value is -1.82. The van der Waals surface area contributed by atoms with Crippen LogP contribution in [0.5, 0.6) is 0 Å². The van der Waals surface area contributed by atoms with Gasteiger partial charge in [-0.2, -0.15) is 0 Å². The van der Waals surface area contributed by atoms with Crippen molar-refractivity contribution in [1.29, 1.82) is 0 Å². The Morgan fingerprint density at radius 2 is 0.789 bits per heavy atom. The molecule has 3 aromatic carbocycles. The number of hydrogen-bond donors (Lipinski definition) is 0. The van der Waals surface area contributed by atoms with Gasteiger partial charge >= 0.3 is 0 Å². The van der Waals surface area contributed by atoms with E-state index < -0.39 is 0 Å². The van der Waals surface area contributed by atoms with E-state index in [1.54, 1.807) is 0 Å². The van der Waals surface area contributed by atoms with E-state index in [0.29, 0.717) is 0 Å². The van der Waals surface area contributed by atoms with Crippen LogP contribution in [0.2, 0.25) is 0 Å². The van der Waals surface area contributed by atoms with Crippen LogP contribution in [0.3, 0.4) is 0 Å². The summed E-state index contributed by atoms with van der Waals surface area (Å²) in [6, 6.07) is 21.4. The van der Waals surface area contributed by atoms with Crippen LogP contribution in [0.1, 0.15) is 36.1 Å². The molecule has 19 heavy (non-hydrogen) atoms. The van der Waals surface area contributed by atoms with E-state index in [4.69, 9.17) is 0 Å². The first kappa shape index (κ1) is 19.5. The van der Waals surface area contributed by atoms with Gasteiger partial charge in [0, 0.05) is 0 Å². The van der Waals surface area contributed by atoms with Crippen molar-refractivity contribution in [3.63, 3.8) is 0 Å². The second kappa shape index (κ2) is 9.16. The van der Waals surface area contributed by atoms with Gasteiger partial charge in [0.2, 0.25) is 0 Å². The van der Waals surface area contributed by atoms with E-state index in [1.807, 2.05) is 13.8 Å². The minimum atomic E-state index is 0. The lowest BCUT2D eigenvalue weighted by atomic mass is 10.0. The summed E-state index contributed by atoms with van der Waals surface area (Å²) < 4.78 is 0. The lowest BCUT2D eigenvalue weighted by Gasteiger charge is -2.02. The molecule has 0 fully saturated rings. The predicted molar refractivity (Wildman–Crippen MR) is 93.0 cm³/mol. The highest BCUT2D eigenvalue weighted by Crippen LogP contribution is 2.24. The largest absolute Gasteiger partial charge is 0.0776 e. The minimum Gasteiger partial charge on any atom is -0.0776 e. The predicted octanol–water partition coefficient (Wildman–Crippen LogP) is 6.93. The third-order valence-corrected chi connectivity index (χ3v) is 2.65. The Labute approximate surface area is 119 Å². The highest BCUT2D eigenvalue weighted by atomic mass is 14.0. The highest BCUT2D eigenvalue weighted by Gasteiger charge is 1.97. The SMILES string of the molecule is C.C.C.CC.c1ccc2c(c1)ccc1ccccc12. The van der Waals surface area contributed by atoms with Crippen LogP contribution in [-0.4, -0.2) is 0 Å². The zero-order chi connectivity index (χ0) is 11.4. The van der Waals surface area contributed by atoms with Crippen molar-refractivity contribution in [2.45, 2.75) is 36.1 Å². The number of benzene rings is 3. The molecule has 0 heterocycles. The van der Waals surface area contributed by atoms with Crippen LogP contribution >= 0.6 is 0 Å². The summed E-state index contributed by atoms with van der Waals surface area (Å²) in [6.07, 6.45) is 0. The van der Waals surface area contributed by atoms with Gasteiger partial charge in [-0.05, 0) is 21.5 Å². The molecule has 0 heteroatoms. The van der Waals surface area contributed by atoms with Crippen molar-refractivity contribution in [3.8, 4) is 0 Å². The molecule has 0 aromatic heterocycles. The average Bonchev–Trinajstić information content (AvgIpc) is 2.41. The molecule has 0 amide bonds. The third kappa shape index (κ3) is 3.82. The van der Waals surface area contributed by atoms with Gasteiger partial charge in [-0.25, -0.2) is 0 Å². The summed E-state index contributed by atoms with van der Waals surface area (Å²) in [7, 11) is 0. The van der Waals surface area contributed by atoms with E-state index in [2.05, 4.69) is 60.7 Å². The fourth-order valence-corrected chi connectivity index (χ4v) is 1.95.